The normalized spacial score (nSPS) is 15.5. The van der Waals surface area contributed by atoms with Crippen LogP contribution in [0.5, 0.6) is 17.6 Å². The summed E-state index contributed by atoms with van der Waals surface area (Å²) in [6, 6.07) is 12.0. The van der Waals surface area contributed by atoms with E-state index in [1.54, 1.807) is 17.0 Å². The zero-order valence-corrected chi connectivity index (χ0v) is 27.1. The van der Waals surface area contributed by atoms with Gasteiger partial charge in [-0.1, -0.05) is 0 Å². The Labute approximate surface area is 285 Å². The average Bonchev–Trinajstić information content (AvgIpc) is 3.17. The summed E-state index contributed by atoms with van der Waals surface area (Å²) in [7, 11) is 2.73. The highest BCUT2D eigenvalue weighted by molar-refractivity contribution is 5.99. The second-order valence-electron chi connectivity index (χ2n) is 10.9. The maximum absolute atomic E-state index is 14.1. The second-order valence-corrected chi connectivity index (χ2v) is 10.9. The predicted octanol–water partition coefficient (Wildman–Crippen LogP) is 3.80. The molecule has 0 aliphatic carbocycles. The summed E-state index contributed by atoms with van der Waals surface area (Å²) < 4.78 is 16.1. The van der Waals surface area contributed by atoms with Gasteiger partial charge in [0.2, 0.25) is 11.8 Å². The summed E-state index contributed by atoms with van der Waals surface area (Å²) in [5, 5.41) is 0. The van der Waals surface area contributed by atoms with Gasteiger partial charge in [0.15, 0.2) is 11.6 Å². The van der Waals surface area contributed by atoms with Crippen LogP contribution in [0.1, 0.15) is 50.8 Å². The molecular weight excluding hydrogens is 648 g/mol. The van der Waals surface area contributed by atoms with E-state index in [9.17, 15) is 14.4 Å². The molecule has 6 rings (SSSR count). The van der Waals surface area contributed by atoms with E-state index in [1.165, 1.54) is 81.6 Å². The number of rotatable bonds is 10. The molecule has 6 heterocycles. The van der Waals surface area contributed by atoms with E-state index in [2.05, 4.69) is 34.9 Å². The third kappa shape index (κ3) is 7.43. The quantitative estimate of drug-likeness (QED) is 0.118. The number of pyridine rings is 3. The van der Waals surface area contributed by atoms with Gasteiger partial charge in [0, 0.05) is 55.2 Å². The number of carbonyl (C=O) groups excluding carboxylic acids is 3. The predicted molar refractivity (Wildman–Crippen MR) is 173 cm³/mol. The van der Waals surface area contributed by atoms with Crippen molar-refractivity contribution in [2.75, 3.05) is 20.8 Å². The summed E-state index contributed by atoms with van der Waals surface area (Å²) in [5.41, 5.74) is 0.731. The van der Waals surface area contributed by atoms with Crippen molar-refractivity contribution in [3.05, 3.63) is 96.2 Å². The lowest BCUT2D eigenvalue weighted by Crippen LogP contribution is -2.49. The molecule has 1 aliphatic heterocycles. The molecular formula is C34H30N8O8. The van der Waals surface area contributed by atoms with E-state index >= 15 is 0 Å². The van der Waals surface area contributed by atoms with E-state index in [1.807, 2.05) is 6.92 Å². The van der Waals surface area contributed by atoms with Gasteiger partial charge >= 0.3 is 11.9 Å². The zero-order valence-electron chi connectivity index (χ0n) is 27.1. The Balaban J connectivity index is 1.22. The Morgan fingerprint density at radius 1 is 0.720 bits per heavy atom. The van der Waals surface area contributed by atoms with E-state index in [0.717, 1.165) is 0 Å². The van der Waals surface area contributed by atoms with Gasteiger partial charge in [-0.25, -0.2) is 49.4 Å². The van der Waals surface area contributed by atoms with Gasteiger partial charge in [0.1, 0.15) is 17.5 Å². The van der Waals surface area contributed by atoms with Crippen molar-refractivity contribution in [1.82, 2.24) is 39.8 Å². The minimum atomic E-state index is -0.901. The van der Waals surface area contributed by atoms with Crippen LogP contribution in [-0.2, 0) is 9.62 Å². The van der Waals surface area contributed by atoms with Crippen molar-refractivity contribution in [1.29, 1.82) is 0 Å². The first-order valence-electron chi connectivity index (χ1n) is 15.4. The minimum absolute atomic E-state index is 0.0125. The fraction of sp³-hybridized carbons (Fsp3) is 0.235. The van der Waals surface area contributed by atoms with Crippen molar-refractivity contribution in [2.24, 2.45) is 0 Å². The number of esters is 1. The van der Waals surface area contributed by atoms with Crippen LogP contribution in [0.3, 0.4) is 0 Å². The van der Waals surface area contributed by atoms with Crippen molar-refractivity contribution in [2.45, 2.75) is 31.9 Å². The molecule has 2 atom stereocenters. The minimum Gasteiger partial charge on any atom is -0.481 e. The van der Waals surface area contributed by atoms with Crippen LogP contribution in [0, 0.1) is 0 Å². The van der Waals surface area contributed by atoms with Crippen LogP contribution in [0.15, 0.2) is 79.5 Å². The first-order chi connectivity index (χ1) is 24.3. The van der Waals surface area contributed by atoms with Crippen molar-refractivity contribution in [3.63, 3.8) is 0 Å². The number of hydrogen-bond acceptors (Lipinski definition) is 15. The van der Waals surface area contributed by atoms with E-state index in [-0.39, 0.29) is 70.3 Å². The summed E-state index contributed by atoms with van der Waals surface area (Å²) in [6.07, 6.45) is 8.40. The smallest absolute Gasteiger partial charge is 0.388 e. The highest BCUT2D eigenvalue weighted by Gasteiger charge is 2.33. The molecule has 16 heteroatoms. The molecule has 0 radical (unpaired) electrons. The summed E-state index contributed by atoms with van der Waals surface area (Å²) in [4.78, 5) is 81.3. The van der Waals surface area contributed by atoms with Crippen LogP contribution in [0.4, 0.5) is 0 Å². The molecule has 0 bridgehead atoms. The number of ether oxygens (including phenoxy) is 3. The summed E-state index contributed by atoms with van der Waals surface area (Å²) in [6.45, 7) is 2.18. The number of aromatic nitrogens is 7. The Morgan fingerprint density at radius 3 is 2.04 bits per heavy atom. The Morgan fingerprint density at radius 2 is 1.36 bits per heavy atom. The van der Waals surface area contributed by atoms with E-state index in [4.69, 9.17) is 24.0 Å². The molecule has 1 amide bonds. The van der Waals surface area contributed by atoms with Gasteiger partial charge in [0.25, 0.3) is 11.8 Å². The lowest BCUT2D eigenvalue weighted by Gasteiger charge is -2.38. The molecule has 0 N–H and O–H groups in total. The molecule has 0 spiro atoms. The van der Waals surface area contributed by atoms with Crippen molar-refractivity contribution in [3.8, 4) is 40.7 Å². The number of likely N-dealkylation sites (tertiary alicyclic amines) is 1. The van der Waals surface area contributed by atoms with E-state index in [0.29, 0.717) is 18.4 Å². The Bertz CT molecular complexity index is 2000. The average molecular weight is 679 g/mol. The molecule has 50 heavy (non-hydrogen) atoms. The van der Waals surface area contributed by atoms with Crippen LogP contribution < -0.4 is 14.4 Å². The van der Waals surface area contributed by atoms with Crippen molar-refractivity contribution >= 4 is 17.8 Å². The fourth-order valence-corrected chi connectivity index (χ4v) is 5.19. The molecule has 1 fully saturated rings. The molecule has 1 aliphatic rings. The fourth-order valence-electron chi connectivity index (χ4n) is 5.19. The number of nitrogens with zero attached hydrogens (tertiary/aromatic N) is 8. The SMILES string of the molecule is COC(=O)c1ccnc(OC2CCC(C)N(C(=O)c3ccc(OOC(=O)c4ccc(OC)nc4-c4ncccn4)nc3-c3ncccn3)C2)c1. The Hall–Kier alpha value is -6.58. The molecule has 1 saturated heterocycles. The largest absolute Gasteiger partial charge is 0.481 e. The third-order valence-electron chi connectivity index (χ3n) is 7.70. The van der Waals surface area contributed by atoms with Gasteiger partial charge in [-0.3, -0.25) is 9.68 Å². The van der Waals surface area contributed by atoms with Crippen LogP contribution in [-0.4, -0.2) is 90.5 Å². The molecule has 0 aromatic carbocycles. The molecule has 254 valence electrons. The number of methoxy groups -OCH3 is 2. The van der Waals surface area contributed by atoms with Gasteiger partial charge in [-0.2, -0.15) is 0 Å². The topological polar surface area (TPSA) is 191 Å². The van der Waals surface area contributed by atoms with E-state index < -0.39 is 18.0 Å². The number of hydrogen-bond donors (Lipinski definition) is 0. The standard InChI is InChI=1S/C34H30N8O8/c1-20-6-7-22(48-27-18-21(12-17-35-27)33(44)47-3)19-42(20)32(43)23-8-11-26(41-28(23)30-36-13-4-14-37-30)49-50-34(45)24-9-10-25(46-2)40-29(24)31-38-15-5-16-39-31/h4-5,8-18,20,22H,6-7,19H2,1-3H3. The molecule has 0 saturated carbocycles. The zero-order chi connectivity index (χ0) is 35.0. The number of amides is 1. The highest BCUT2D eigenvalue weighted by Crippen LogP contribution is 2.28. The number of piperidine rings is 1. The first-order valence-corrected chi connectivity index (χ1v) is 15.4. The highest BCUT2D eigenvalue weighted by atomic mass is 17.2. The van der Waals surface area contributed by atoms with Gasteiger partial charge in [-0.05, 0) is 50.1 Å². The maximum atomic E-state index is 14.1. The van der Waals surface area contributed by atoms with Gasteiger partial charge in [0.05, 0.1) is 37.5 Å². The second kappa shape index (κ2) is 15.1. The van der Waals surface area contributed by atoms with Gasteiger partial charge < -0.3 is 19.1 Å². The lowest BCUT2D eigenvalue weighted by atomic mass is 9.99. The maximum Gasteiger partial charge on any atom is 0.388 e. The molecule has 16 nitrogen and oxygen atoms in total. The van der Waals surface area contributed by atoms with Crippen molar-refractivity contribution < 1.29 is 38.4 Å². The third-order valence-corrected chi connectivity index (χ3v) is 7.70. The molecule has 5 aromatic rings. The molecule has 2 unspecified atom stereocenters. The monoisotopic (exact) mass is 678 g/mol. The lowest BCUT2D eigenvalue weighted by molar-refractivity contribution is -0.152. The first kappa shape index (κ1) is 33.3. The Kier molecular flexibility index (Phi) is 10.1. The summed E-state index contributed by atoms with van der Waals surface area (Å²) >= 11 is 0. The van der Waals surface area contributed by atoms with Crippen LogP contribution in [0.2, 0.25) is 0 Å². The molecule has 5 aromatic heterocycles. The van der Waals surface area contributed by atoms with Crippen LogP contribution >= 0.6 is 0 Å². The van der Waals surface area contributed by atoms with Gasteiger partial charge in [-0.15, -0.1) is 0 Å². The van der Waals surface area contributed by atoms with Crippen LogP contribution in [0.25, 0.3) is 23.0 Å². The summed E-state index contributed by atoms with van der Waals surface area (Å²) in [5.74, 6) is -1.10. The number of carbonyl (C=O) groups is 3.